The molecular weight excluding hydrogens is 262 g/mol. The number of ether oxygens (including phenoxy) is 2. The molecule has 0 aliphatic carbocycles. The Morgan fingerprint density at radius 1 is 1.33 bits per heavy atom. The zero-order chi connectivity index (χ0) is 15.3. The minimum Gasteiger partial charge on any atom is -0.493 e. The van der Waals surface area contributed by atoms with E-state index in [1.54, 1.807) is 0 Å². The molecule has 1 aliphatic heterocycles. The zero-order valence-corrected chi connectivity index (χ0v) is 13.9. The monoisotopic (exact) mass is 291 g/mol. The molecule has 0 spiro atoms. The maximum Gasteiger partial charge on any atom is 0.122 e. The molecule has 0 saturated carbocycles. The predicted molar refractivity (Wildman–Crippen MR) is 87.0 cm³/mol. The average molecular weight is 291 g/mol. The molecule has 0 radical (unpaired) electrons. The lowest BCUT2D eigenvalue weighted by molar-refractivity contribution is -0.0563. The first-order chi connectivity index (χ1) is 10.1. The Bertz CT molecular complexity index is 461. The lowest BCUT2D eigenvalue weighted by atomic mass is 9.86. The van der Waals surface area contributed by atoms with Crippen LogP contribution in [0.1, 0.15) is 57.7 Å². The van der Waals surface area contributed by atoms with E-state index in [1.165, 1.54) is 11.1 Å². The van der Waals surface area contributed by atoms with Crippen LogP contribution in [0.2, 0.25) is 0 Å². The van der Waals surface area contributed by atoms with Gasteiger partial charge < -0.3 is 14.8 Å². The molecule has 1 aliphatic rings. The maximum absolute atomic E-state index is 6.12. The molecule has 3 nitrogen and oxygen atoms in total. The smallest absolute Gasteiger partial charge is 0.122 e. The number of fused-ring (bicyclic) bond motifs is 1. The van der Waals surface area contributed by atoms with Gasteiger partial charge in [-0.25, -0.2) is 0 Å². The second-order valence-electron chi connectivity index (χ2n) is 5.95. The van der Waals surface area contributed by atoms with Gasteiger partial charge in [0.2, 0.25) is 0 Å². The summed E-state index contributed by atoms with van der Waals surface area (Å²) in [6.45, 7) is 11.2. The fourth-order valence-corrected chi connectivity index (χ4v) is 3.08. The van der Waals surface area contributed by atoms with E-state index in [0.29, 0.717) is 0 Å². The van der Waals surface area contributed by atoms with Crippen molar-refractivity contribution in [1.29, 1.82) is 0 Å². The third kappa shape index (κ3) is 3.58. The van der Waals surface area contributed by atoms with Crippen LogP contribution in [0.25, 0.3) is 0 Å². The van der Waals surface area contributed by atoms with E-state index in [4.69, 9.17) is 9.47 Å². The number of hydrogen-bond acceptors (Lipinski definition) is 3. The van der Waals surface area contributed by atoms with Crippen molar-refractivity contribution >= 4 is 0 Å². The summed E-state index contributed by atoms with van der Waals surface area (Å²) in [5.74, 6) is 1.04. The molecule has 21 heavy (non-hydrogen) atoms. The molecule has 1 N–H and O–H groups in total. The minimum atomic E-state index is -0.183. The Kier molecular flexibility index (Phi) is 5.65. The van der Waals surface area contributed by atoms with Gasteiger partial charge in [-0.15, -0.1) is 0 Å². The van der Waals surface area contributed by atoms with E-state index in [1.807, 2.05) is 0 Å². The van der Waals surface area contributed by atoms with Crippen molar-refractivity contribution in [3.63, 3.8) is 0 Å². The van der Waals surface area contributed by atoms with E-state index in [9.17, 15) is 0 Å². The van der Waals surface area contributed by atoms with Crippen LogP contribution < -0.4 is 10.1 Å². The van der Waals surface area contributed by atoms with Crippen molar-refractivity contribution in [1.82, 2.24) is 5.32 Å². The summed E-state index contributed by atoms with van der Waals surface area (Å²) in [5, 5.41) is 3.69. The van der Waals surface area contributed by atoms with E-state index in [-0.39, 0.29) is 11.6 Å². The first-order valence-corrected chi connectivity index (χ1v) is 8.27. The van der Waals surface area contributed by atoms with Crippen LogP contribution in [-0.2, 0) is 11.2 Å². The molecule has 118 valence electrons. The molecule has 2 unspecified atom stereocenters. The van der Waals surface area contributed by atoms with E-state index < -0.39 is 0 Å². The number of hydrogen-bond donors (Lipinski definition) is 1. The van der Waals surface area contributed by atoms with Crippen molar-refractivity contribution < 1.29 is 9.47 Å². The second-order valence-corrected chi connectivity index (χ2v) is 5.95. The Labute approximate surface area is 129 Å². The third-order valence-corrected chi connectivity index (χ3v) is 4.43. The fourth-order valence-electron chi connectivity index (χ4n) is 3.08. The molecule has 1 aromatic rings. The normalized spacial score (nSPS) is 17.9. The first kappa shape index (κ1) is 16.3. The molecule has 2 rings (SSSR count). The van der Waals surface area contributed by atoms with Gasteiger partial charge in [0.1, 0.15) is 5.75 Å². The van der Waals surface area contributed by atoms with Gasteiger partial charge >= 0.3 is 0 Å². The standard InChI is InChI=1S/C18H29NO2/c1-5-11-19-17(18(4,6-2)21-7-3)15-8-9-16-14(13-15)10-12-20-16/h8-9,13,17,19H,5-7,10-12H2,1-4H3. The fraction of sp³-hybridized carbons (Fsp3) is 0.667. The zero-order valence-electron chi connectivity index (χ0n) is 13.9. The van der Waals surface area contributed by atoms with Gasteiger partial charge in [0.05, 0.1) is 18.2 Å². The highest BCUT2D eigenvalue weighted by atomic mass is 16.5. The Balaban J connectivity index is 2.30. The van der Waals surface area contributed by atoms with Gasteiger partial charge in [-0.3, -0.25) is 0 Å². The van der Waals surface area contributed by atoms with Crippen molar-refractivity contribution in [2.45, 2.75) is 58.6 Å². The van der Waals surface area contributed by atoms with Crippen LogP contribution in [0.15, 0.2) is 18.2 Å². The molecule has 1 aromatic carbocycles. The molecule has 0 saturated heterocycles. The summed E-state index contributed by atoms with van der Waals surface area (Å²) in [4.78, 5) is 0. The lowest BCUT2D eigenvalue weighted by Gasteiger charge is -2.38. The van der Waals surface area contributed by atoms with Crippen LogP contribution in [-0.4, -0.2) is 25.4 Å². The second kappa shape index (κ2) is 7.28. The summed E-state index contributed by atoms with van der Waals surface area (Å²) >= 11 is 0. The van der Waals surface area contributed by atoms with Gasteiger partial charge in [-0.1, -0.05) is 26.0 Å². The van der Waals surface area contributed by atoms with Crippen LogP contribution in [0, 0.1) is 0 Å². The Morgan fingerprint density at radius 2 is 2.14 bits per heavy atom. The lowest BCUT2D eigenvalue weighted by Crippen LogP contribution is -2.44. The molecule has 0 amide bonds. The number of nitrogens with one attached hydrogen (secondary N) is 1. The van der Waals surface area contributed by atoms with Crippen LogP contribution >= 0.6 is 0 Å². The molecule has 3 heteroatoms. The van der Waals surface area contributed by atoms with Gasteiger partial charge in [-0.05, 0) is 50.4 Å². The van der Waals surface area contributed by atoms with Crippen molar-refractivity contribution in [2.75, 3.05) is 19.8 Å². The molecule has 0 bridgehead atoms. The van der Waals surface area contributed by atoms with Gasteiger partial charge in [-0.2, -0.15) is 0 Å². The third-order valence-electron chi connectivity index (χ3n) is 4.43. The highest BCUT2D eigenvalue weighted by Crippen LogP contribution is 2.35. The summed E-state index contributed by atoms with van der Waals surface area (Å²) in [6.07, 6.45) is 3.12. The number of rotatable bonds is 8. The van der Waals surface area contributed by atoms with E-state index in [0.717, 1.165) is 44.8 Å². The Morgan fingerprint density at radius 3 is 2.81 bits per heavy atom. The quantitative estimate of drug-likeness (QED) is 0.788. The maximum atomic E-state index is 6.12. The predicted octanol–water partition coefficient (Wildman–Crippen LogP) is 3.87. The summed E-state index contributed by atoms with van der Waals surface area (Å²) < 4.78 is 11.7. The van der Waals surface area contributed by atoms with Crippen molar-refractivity contribution in [3.05, 3.63) is 29.3 Å². The number of benzene rings is 1. The van der Waals surface area contributed by atoms with Crippen molar-refractivity contribution in [2.24, 2.45) is 0 Å². The van der Waals surface area contributed by atoms with Crippen molar-refractivity contribution in [3.8, 4) is 5.75 Å². The van der Waals surface area contributed by atoms with Gasteiger partial charge in [0.25, 0.3) is 0 Å². The van der Waals surface area contributed by atoms with E-state index in [2.05, 4.69) is 51.2 Å². The van der Waals surface area contributed by atoms with Gasteiger partial charge in [0, 0.05) is 13.0 Å². The molecule has 1 heterocycles. The van der Waals surface area contributed by atoms with Crippen LogP contribution in [0.4, 0.5) is 0 Å². The highest BCUT2D eigenvalue weighted by molar-refractivity contribution is 5.41. The van der Waals surface area contributed by atoms with Gasteiger partial charge in [0.15, 0.2) is 0 Å². The average Bonchev–Trinajstić information content (AvgIpc) is 2.95. The van der Waals surface area contributed by atoms with Crippen LogP contribution in [0.3, 0.4) is 0 Å². The van der Waals surface area contributed by atoms with E-state index >= 15 is 0 Å². The first-order valence-electron chi connectivity index (χ1n) is 8.27. The molecular formula is C18H29NO2. The summed E-state index contributed by atoms with van der Waals surface area (Å²) in [6, 6.07) is 6.81. The molecule has 0 fully saturated rings. The minimum absolute atomic E-state index is 0.183. The molecule has 2 atom stereocenters. The van der Waals surface area contributed by atoms with Crippen LogP contribution in [0.5, 0.6) is 5.75 Å². The molecule has 0 aromatic heterocycles. The summed E-state index contributed by atoms with van der Waals surface area (Å²) in [5.41, 5.74) is 2.45. The highest BCUT2D eigenvalue weighted by Gasteiger charge is 2.34. The SMILES string of the molecule is CCCNC(c1ccc2c(c1)CCO2)C(C)(CC)OCC. The largest absolute Gasteiger partial charge is 0.493 e. The Hall–Kier alpha value is -1.06. The topological polar surface area (TPSA) is 30.5 Å². The summed E-state index contributed by atoms with van der Waals surface area (Å²) in [7, 11) is 0.